The lowest BCUT2D eigenvalue weighted by Gasteiger charge is -2.39. The Kier molecular flexibility index (Phi) is 9.06. The molecule has 2 aliphatic rings. The highest BCUT2D eigenvalue weighted by Crippen LogP contribution is 2.22. The largest absolute Gasteiger partial charge is 0.449 e. The Morgan fingerprint density at radius 2 is 1.61 bits per heavy atom. The zero-order valence-corrected chi connectivity index (χ0v) is 18.6. The normalized spacial score (nSPS) is 21.2. The molecule has 1 N–H and O–H groups in total. The molecule has 0 aliphatic carbocycles. The van der Waals surface area contributed by atoms with E-state index in [4.69, 9.17) is 4.74 Å². The lowest BCUT2D eigenvalue weighted by molar-refractivity contribution is -0.126. The molecule has 6 heteroatoms. The Morgan fingerprint density at radius 1 is 1.00 bits per heavy atom. The number of carbonyl (C=O) groups excluding carboxylic acids is 2. The van der Waals surface area contributed by atoms with Crippen molar-refractivity contribution in [1.82, 2.24) is 15.1 Å². The number of amides is 2. The van der Waals surface area contributed by atoms with Gasteiger partial charge in [0.15, 0.2) is 0 Å². The van der Waals surface area contributed by atoms with E-state index in [1.54, 1.807) is 4.90 Å². The van der Waals surface area contributed by atoms with Gasteiger partial charge in [-0.15, -0.1) is 0 Å². The van der Waals surface area contributed by atoms with Crippen LogP contribution in [0.25, 0.3) is 0 Å². The van der Waals surface area contributed by atoms with Crippen LogP contribution in [0.1, 0.15) is 60.3 Å². The second-order valence-corrected chi connectivity index (χ2v) is 9.51. The summed E-state index contributed by atoms with van der Waals surface area (Å²) < 4.78 is 5.30. The van der Waals surface area contributed by atoms with Crippen LogP contribution in [-0.4, -0.2) is 67.2 Å². The number of piperidine rings is 2. The van der Waals surface area contributed by atoms with Crippen molar-refractivity contribution in [2.75, 3.05) is 39.3 Å². The number of hydrogen-bond donors (Lipinski definition) is 1. The third-order valence-corrected chi connectivity index (χ3v) is 6.21. The smallest absolute Gasteiger partial charge is 0.409 e. The molecule has 2 fully saturated rings. The molecule has 0 spiro atoms. The Labute approximate surface area is 171 Å². The zero-order valence-electron chi connectivity index (χ0n) is 18.6. The lowest BCUT2D eigenvalue weighted by atomic mass is 9.93. The first-order chi connectivity index (χ1) is 13.3. The summed E-state index contributed by atoms with van der Waals surface area (Å²) in [5.41, 5.74) is 0. The van der Waals surface area contributed by atoms with E-state index in [9.17, 15) is 9.59 Å². The van der Waals surface area contributed by atoms with Gasteiger partial charge >= 0.3 is 6.09 Å². The molecule has 2 amide bonds. The standard InChI is InChI=1S/C22H41N3O3/c1-16(2)15-28-22(27)25-12-8-19(9-13-25)21(26)23-14-20(17(3)4)24-10-6-18(5)7-11-24/h16-20H,6-15H2,1-5H3,(H,23,26). The van der Waals surface area contributed by atoms with E-state index in [1.807, 2.05) is 13.8 Å². The van der Waals surface area contributed by atoms with Crippen molar-refractivity contribution in [2.45, 2.75) is 66.3 Å². The van der Waals surface area contributed by atoms with Gasteiger partial charge in [-0.25, -0.2) is 4.79 Å². The van der Waals surface area contributed by atoms with Crippen molar-refractivity contribution in [1.29, 1.82) is 0 Å². The molecular formula is C22H41N3O3. The van der Waals surface area contributed by atoms with Gasteiger partial charge in [0.2, 0.25) is 5.91 Å². The topological polar surface area (TPSA) is 61.9 Å². The molecule has 6 nitrogen and oxygen atoms in total. The molecule has 0 aromatic rings. The van der Waals surface area contributed by atoms with E-state index >= 15 is 0 Å². The van der Waals surface area contributed by atoms with Crippen molar-refractivity contribution in [2.24, 2.45) is 23.7 Å². The summed E-state index contributed by atoms with van der Waals surface area (Å²) in [4.78, 5) is 29.0. The third kappa shape index (κ3) is 6.94. The van der Waals surface area contributed by atoms with Crippen LogP contribution >= 0.6 is 0 Å². The number of nitrogens with one attached hydrogen (secondary N) is 1. The summed E-state index contributed by atoms with van der Waals surface area (Å²) >= 11 is 0. The minimum atomic E-state index is -0.244. The van der Waals surface area contributed by atoms with E-state index < -0.39 is 0 Å². The first-order valence-electron chi connectivity index (χ1n) is 11.2. The van der Waals surface area contributed by atoms with Gasteiger partial charge in [0.25, 0.3) is 0 Å². The average Bonchev–Trinajstić information content (AvgIpc) is 2.67. The Bertz CT molecular complexity index is 493. The number of rotatable bonds is 7. The molecule has 1 atom stereocenters. The van der Waals surface area contributed by atoms with Crippen LogP contribution in [0.4, 0.5) is 4.79 Å². The fourth-order valence-electron chi connectivity index (χ4n) is 4.15. The molecule has 28 heavy (non-hydrogen) atoms. The average molecular weight is 396 g/mol. The van der Waals surface area contributed by atoms with Gasteiger partial charge in [0, 0.05) is 31.6 Å². The highest BCUT2D eigenvalue weighted by atomic mass is 16.6. The monoisotopic (exact) mass is 395 g/mol. The number of nitrogens with zero attached hydrogens (tertiary/aromatic N) is 2. The number of hydrogen-bond acceptors (Lipinski definition) is 4. The maximum Gasteiger partial charge on any atom is 0.409 e. The van der Waals surface area contributed by atoms with Gasteiger partial charge in [-0.05, 0) is 56.5 Å². The van der Waals surface area contributed by atoms with E-state index in [2.05, 4.69) is 31.0 Å². The van der Waals surface area contributed by atoms with Gasteiger partial charge < -0.3 is 15.0 Å². The van der Waals surface area contributed by atoms with Gasteiger partial charge in [0.1, 0.15) is 0 Å². The zero-order chi connectivity index (χ0) is 20.7. The Balaban J connectivity index is 1.74. The van der Waals surface area contributed by atoms with Crippen LogP contribution in [0.5, 0.6) is 0 Å². The highest BCUT2D eigenvalue weighted by molar-refractivity contribution is 5.79. The second kappa shape index (κ2) is 11.0. The maximum atomic E-state index is 12.7. The Hall–Kier alpha value is -1.30. The molecule has 2 aliphatic heterocycles. The first-order valence-corrected chi connectivity index (χ1v) is 11.2. The van der Waals surface area contributed by atoms with E-state index in [0.717, 1.165) is 38.4 Å². The lowest BCUT2D eigenvalue weighted by Crippen LogP contribution is -2.51. The SMILES string of the molecule is CC(C)COC(=O)N1CCC(C(=O)NCC(C(C)C)N2CCC(C)CC2)CC1. The molecule has 0 aromatic heterocycles. The summed E-state index contributed by atoms with van der Waals surface area (Å²) in [6.45, 7) is 15.5. The molecule has 0 bridgehead atoms. The molecule has 2 rings (SSSR count). The maximum absolute atomic E-state index is 12.7. The highest BCUT2D eigenvalue weighted by Gasteiger charge is 2.30. The van der Waals surface area contributed by atoms with Crippen molar-refractivity contribution in [3.63, 3.8) is 0 Å². The molecular weight excluding hydrogens is 354 g/mol. The molecule has 0 radical (unpaired) electrons. The number of carbonyl (C=O) groups is 2. The van der Waals surface area contributed by atoms with E-state index in [-0.39, 0.29) is 17.9 Å². The number of ether oxygens (including phenoxy) is 1. The molecule has 162 valence electrons. The van der Waals surface area contributed by atoms with Crippen LogP contribution in [0.15, 0.2) is 0 Å². The fourth-order valence-corrected chi connectivity index (χ4v) is 4.15. The summed E-state index contributed by atoms with van der Waals surface area (Å²) in [5.74, 6) is 1.82. The molecule has 0 saturated carbocycles. The minimum Gasteiger partial charge on any atom is -0.449 e. The summed E-state index contributed by atoms with van der Waals surface area (Å²) in [7, 11) is 0. The molecule has 2 heterocycles. The van der Waals surface area contributed by atoms with Crippen LogP contribution < -0.4 is 5.32 Å². The molecule has 2 saturated heterocycles. The van der Waals surface area contributed by atoms with E-state index in [0.29, 0.717) is 37.6 Å². The van der Waals surface area contributed by atoms with Crippen LogP contribution in [0, 0.1) is 23.7 Å². The van der Waals surface area contributed by atoms with Crippen LogP contribution in [0.2, 0.25) is 0 Å². The summed E-state index contributed by atoms with van der Waals surface area (Å²) in [6, 6.07) is 0.405. The predicted octanol–water partition coefficient (Wildman–Crippen LogP) is 3.36. The van der Waals surface area contributed by atoms with Crippen LogP contribution in [0.3, 0.4) is 0 Å². The van der Waals surface area contributed by atoms with Crippen molar-refractivity contribution in [3.05, 3.63) is 0 Å². The summed E-state index contributed by atoms with van der Waals surface area (Å²) in [5, 5.41) is 3.21. The Morgan fingerprint density at radius 3 is 2.14 bits per heavy atom. The third-order valence-electron chi connectivity index (χ3n) is 6.21. The van der Waals surface area contributed by atoms with Gasteiger partial charge in [0.05, 0.1) is 6.61 Å². The van der Waals surface area contributed by atoms with Gasteiger partial charge in [-0.1, -0.05) is 34.6 Å². The van der Waals surface area contributed by atoms with Crippen molar-refractivity contribution >= 4 is 12.0 Å². The summed E-state index contributed by atoms with van der Waals surface area (Å²) in [6.07, 6.45) is 3.70. The molecule has 0 aromatic carbocycles. The second-order valence-electron chi connectivity index (χ2n) is 9.51. The first kappa shape index (κ1) is 23.0. The van der Waals surface area contributed by atoms with Gasteiger partial charge in [-0.3, -0.25) is 9.69 Å². The quantitative estimate of drug-likeness (QED) is 0.718. The molecule has 1 unspecified atom stereocenters. The number of likely N-dealkylation sites (tertiary alicyclic amines) is 2. The predicted molar refractivity (Wildman–Crippen MR) is 112 cm³/mol. The fraction of sp³-hybridized carbons (Fsp3) is 0.909. The minimum absolute atomic E-state index is 0.00309. The van der Waals surface area contributed by atoms with Crippen molar-refractivity contribution < 1.29 is 14.3 Å². The van der Waals surface area contributed by atoms with E-state index in [1.165, 1.54) is 12.8 Å². The van der Waals surface area contributed by atoms with Gasteiger partial charge in [-0.2, -0.15) is 0 Å². The van der Waals surface area contributed by atoms with Crippen molar-refractivity contribution in [3.8, 4) is 0 Å². The van der Waals surface area contributed by atoms with Crippen LogP contribution in [-0.2, 0) is 9.53 Å².